The summed E-state index contributed by atoms with van der Waals surface area (Å²) in [6, 6.07) is 22.5. The van der Waals surface area contributed by atoms with Gasteiger partial charge in [-0.2, -0.15) is 0 Å². The Hall–Kier alpha value is -2.65. The third-order valence-electron chi connectivity index (χ3n) is 4.07. The maximum atomic E-state index is 12.2. The number of likely N-dealkylation sites (N-methyl/N-ethyl adjacent to an activating group) is 1. The van der Waals surface area contributed by atoms with E-state index in [0.717, 1.165) is 12.2 Å². The number of nitrogens with one attached hydrogen (secondary N) is 1. The van der Waals surface area contributed by atoms with Crippen molar-refractivity contribution in [3.8, 4) is 0 Å². The molecule has 3 nitrogen and oxygen atoms in total. The summed E-state index contributed by atoms with van der Waals surface area (Å²) in [7, 11) is 1.97. The highest BCUT2D eigenvalue weighted by Gasteiger charge is 2.09. The van der Waals surface area contributed by atoms with Crippen LogP contribution in [0, 0.1) is 6.92 Å². The molecule has 3 rings (SSSR count). The average Bonchev–Trinajstić information content (AvgIpc) is 2.57. The number of carbonyl (C=O) groups excluding carboxylic acids is 1. The molecule has 0 bridgehead atoms. The van der Waals surface area contributed by atoms with E-state index in [0.29, 0.717) is 6.54 Å². The second-order valence-electron chi connectivity index (χ2n) is 6.22. The second kappa shape index (κ2) is 7.28. The van der Waals surface area contributed by atoms with Crippen molar-refractivity contribution in [3.05, 3.63) is 77.9 Å². The second-order valence-corrected chi connectivity index (χ2v) is 6.22. The van der Waals surface area contributed by atoms with Gasteiger partial charge >= 0.3 is 0 Å². The van der Waals surface area contributed by atoms with Crippen molar-refractivity contribution in [2.75, 3.05) is 18.9 Å². The van der Waals surface area contributed by atoms with Gasteiger partial charge in [-0.15, -0.1) is 0 Å². The Bertz CT molecular complexity index is 835. The molecule has 24 heavy (non-hydrogen) atoms. The van der Waals surface area contributed by atoms with E-state index in [9.17, 15) is 4.79 Å². The lowest BCUT2D eigenvalue weighted by Gasteiger charge is -2.17. The maximum Gasteiger partial charge on any atom is 0.238 e. The zero-order valence-corrected chi connectivity index (χ0v) is 14.1. The molecule has 0 saturated carbocycles. The SMILES string of the molecule is Cc1ccc(NC(=O)CN(C)Cc2cccc3ccccc23)cc1. The largest absolute Gasteiger partial charge is 0.325 e. The quantitative estimate of drug-likeness (QED) is 0.764. The summed E-state index contributed by atoms with van der Waals surface area (Å²) in [6.07, 6.45) is 0. The molecule has 0 aliphatic heterocycles. The first-order valence-corrected chi connectivity index (χ1v) is 8.13. The summed E-state index contributed by atoms with van der Waals surface area (Å²) < 4.78 is 0. The van der Waals surface area contributed by atoms with Crippen molar-refractivity contribution in [2.24, 2.45) is 0 Å². The van der Waals surface area contributed by atoms with Gasteiger partial charge in [0, 0.05) is 12.2 Å². The minimum Gasteiger partial charge on any atom is -0.325 e. The van der Waals surface area contributed by atoms with Crippen molar-refractivity contribution in [3.63, 3.8) is 0 Å². The van der Waals surface area contributed by atoms with Crippen LogP contribution < -0.4 is 5.32 Å². The standard InChI is InChI=1S/C21H22N2O/c1-16-10-12-19(13-11-16)22-21(24)15-23(2)14-18-8-5-7-17-6-3-4-9-20(17)18/h3-13H,14-15H2,1-2H3,(H,22,24). The highest BCUT2D eigenvalue weighted by molar-refractivity contribution is 5.92. The molecule has 0 aromatic heterocycles. The molecular formula is C21H22N2O. The lowest BCUT2D eigenvalue weighted by molar-refractivity contribution is -0.117. The number of hydrogen-bond donors (Lipinski definition) is 1. The number of anilines is 1. The van der Waals surface area contributed by atoms with E-state index < -0.39 is 0 Å². The number of hydrogen-bond acceptors (Lipinski definition) is 2. The molecule has 1 amide bonds. The average molecular weight is 318 g/mol. The molecule has 3 heteroatoms. The Morgan fingerprint density at radius 1 is 0.958 bits per heavy atom. The summed E-state index contributed by atoms with van der Waals surface area (Å²) in [5.74, 6) is 0.00147. The molecule has 1 N–H and O–H groups in total. The van der Waals surface area contributed by atoms with Gasteiger partial charge in [0.05, 0.1) is 6.54 Å². The van der Waals surface area contributed by atoms with Gasteiger partial charge in [0.15, 0.2) is 0 Å². The number of amides is 1. The van der Waals surface area contributed by atoms with Crippen LogP contribution in [0.1, 0.15) is 11.1 Å². The molecule has 0 fully saturated rings. The third-order valence-corrected chi connectivity index (χ3v) is 4.07. The first kappa shape index (κ1) is 16.2. The molecule has 0 aliphatic rings. The molecule has 0 spiro atoms. The van der Waals surface area contributed by atoms with Crippen molar-refractivity contribution in [1.82, 2.24) is 4.90 Å². The molecule has 3 aromatic rings. The van der Waals surface area contributed by atoms with Crippen LogP contribution in [0.15, 0.2) is 66.7 Å². The van der Waals surface area contributed by atoms with E-state index in [1.807, 2.05) is 49.2 Å². The van der Waals surface area contributed by atoms with Crippen LogP contribution >= 0.6 is 0 Å². The normalized spacial score (nSPS) is 11.0. The Morgan fingerprint density at radius 3 is 2.46 bits per heavy atom. The molecule has 0 atom stereocenters. The van der Waals surface area contributed by atoms with Gasteiger partial charge in [-0.05, 0) is 42.4 Å². The van der Waals surface area contributed by atoms with E-state index >= 15 is 0 Å². The third kappa shape index (κ3) is 4.00. The van der Waals surface area contributed by atoms with Crippen LogP contribution in [0.2, 0.25) is 0 Å². The van der Waals surface area contributed by atoms with Gasteiger partial charge in [0.25, 0.3) is 0 Å². The Labute approximate surface area is 142 Å². The minimum atomic E-state index is 0.00147. The fourth-order valence-electron chi connectivity index (χ4n) is 2.86. The number of nitrogens with zero attached hydrogens (tertiary/aromatic N) is 1. The smallest absolute Gasteiger partial charge is 0.238 e. The van der Waals surface area contributed by atoms with Crippen LogP contribution in [0.3, 0.4) is 0 Å². The highest BCUT2D eigenvalue weighted by atomic mass is 16.2. The van der Waals surface area contributed by atoms with E-state index in [1.54, 1.807) is 0 Å². The van der Waals surface area contributed by atoms with Gasteiger partial charge in [0.2, 0.25) is 5.91 Å². The van der Waals surface area contributed by atoms with Gasteiger partial charge in [-0.1, -0.05) is 60.2 Å². The molecule has 3 aromatic carbocycles. The van der Waals surface area contributed by atoms with Crippen molar-refractivity contribution in [1.29, 1.82) is 0 Å². The number of rotatable bonds is 5. The summed E-state index contributed by atoms with van der Waals surface area (Å²) in [5.41, 5.74) is 3.25. The van der Waals surface area contributed by atoms with Crippen LogP contribution in [-0.4, -0.2) is 24.4 Å². The van der Waals surface area contributed by atoms with Gasteiger partial charge < -0.3 is 5.32 Å². The summed E-state index contributed by atoms with van der Waals surface area (Å²) in [4.78, 5) is 14.2. The van der Waals surface area contributed by atoms with E-state index in [-0.39, 0.29) is 5.91 Å². The molecule has 0 saturated heterocycles. The summed E-state index contributed by atoms with van der Waals surface area (Å²) in [6.45, 7) is 3.13. The molecule has 0 heterocycles. The van der Waals surface area contributed by atoms with Gasteiger partial charge in [-0.3, -0.25) is 9.69 Å². The lowest BCUT2D eigenvalue weighted by atomic mass is 10.0. The zero-order chi connectivity index (χ0) is 16.9. The highest BCUT2D eigenvalue weighted by Crippen LogP contribution is 2.19. The Morgan fingerprint density at radius 2 is 1.67 bits per heavy atom. The van der Waals surface area contributed by atoms with Crippen molar-refractivity contribution < 1.29 is 4.79 Å². The summed E-state index contributed by atoms with van der Waals surface area (Å²) >= 11 is 0. The molecule has 122 valence electrons. The predicted molar refractivity (Wildman–Crippen MR) is 100 cm³/mol. The molecule has 0 unspecified atom stereocenters. The van der Waals surface area contributed by atoms with Gasteiger partial charge in [-0.25, -0.2) is 0 Å². The number of aryl methyl sites for hydroxylation is 1. The van der Waals surface area contributed by atoms with Crippen molar-refractivity contribution in [2.45, 2.75) is 13.5 Å². The van der Waals surface area contributed by atoms with Crippen LogP contribution in [0.5, 0.6) is 0 Å². The number of carbonyl (C=O) groups is 1. The van der Waals surface area contributed by atoms with E-state index in [1.165, 1.54) is 21.9 Å². The fraction of sp³-hybridized carbons (Fsp3) is 0.190. The topological polar surface area (TPSA) is 32.3 Å². The Kier molecular flexibility index (Phi) is 4.92. The molecule has 0 radical (unpaired) electrons. The summed E-state index contributed by atoms with van der Waals surface area (Å²) in [5, 5.41) is 5.41. The van der Waals surface area contributed by atoms with Crippen LogP contribution in [0.25, 0.3) is 10.8 Å². The maximum absolute atomic E-state index is 12.2. The van der Waals surface area contributed by atoms with E-state index in [4.69, 9.17) is 0 Å². The van der Waals surface area contributed by atoms with E-state index in [2.05, 4.69) is 41.7 Å². The Balaban J connectivity index is 1.63. The number of fused-ring (bicyclic) bond motifs is 1. The minimum absolute atomic E-state index is 0.00147. The first-order valence-electron chi connectivity index (χ1n) is 8.13. The predicted octanol–water partition coefficient (Wildman–Crippen LogP) is 4.22. The lowest BCUT2D eigenvalue weighted by Crippen LogP contribution is -2.29. The zero-order valence-electron chi connectivity index (χ0n) is 14.1. The molecule has 0 aliphatic carbocycles. The number of benzene rings is 3. The first-order chi connectivity index (χ1) is 11.6. The van der Waals surface area contributed by atoms with Crippen LogP contribution in [-0.2, 0) is 11.3 Å². The van der Waals surface area contributed by atoms with Gasteiger partial charge in [0.1, 0.15) is 0 Å². The van der Waals surface area contributed by atoms with Crippen LogP contribution in [0.4, 0.5) is 5.69 Å². The van der Waals surface area contributed by atoms with Crippen molar-refractivity contribution >= 4 is 22.4 Å². The fourth-order valence-corrected chi connectivity index (χ4v) is 2.86. The molecular weight excluding hydrogens is 296 g/mol. The monoisotopic (exact) mass is 318 g/mol.